The van der Waals surface area contributed by atoms with Gasteiger partial charge in [-0.1, -0.05) is 12.1 Å². The standard InChI is InChI=1S/C13H14N2O4S2/c1-9-6-14-12(20-9)7-15-21(18,19)8-10-2-4-11(5-3-10)13(16)17/h2-6,15H,7-8H2,1H3,(H,16,17). The number of aryl methyl sites for hydroxylation is 1. The zero-order valence-electron chi connectivity index (χ0n) is 11.2. The van der Waals surface area contributed by atoms with E-state index in [0.29, 0.717) is 10.6 Å². The van der Waals surface area contributed by atoms with Gasteiger partial charge in [0.1, 0.15) is 5.01 Å². The lowest BCUT2D eigenvalue weighted by molar-refractivity contribution is 0.0697. The van der Waals surface area contributed by atoms with E-state index in [1.165, 1.54) is 35.6 Å². The van der Waals surface area contributed by atoms with E-state index in [4.69, 9.17) is 5.11 Å². The number of carbonyl (C=O) groups is 1. The molecule has 0 spiro atoms. The van der Waals surface area contributed by atoms with E-state index in [-0.39, 0.29) is 17.9 Å². The number of nitrogens with one attached hydrogen (secondary N) is 1. The molecule has 0 saturated carbocycles. The topological polar surface area (TPSA) is 96.4 Å². The molecular formula is C13H14N2O4S2. The van der Waals surface area contributed by atoms with Crippen molar-refractivity contribution in [2.75, 3.05) is 0 Å². The van der Waals surface area contributed by atoms with E-state index in [2.05, 4.69) is 9.71 Å². The van der Waals surface area contributed by atoms with Crippen LogP contribution in [0.5, 0.6) is 0 Å². The van der Waals surface area contributed by atoms with Crippen LogP contribution in [0, 0.1) is 6.92 Å². The Kier molecular flexibility index (Phi) is 4.71. The summed E-state index contributed by atoms with van der Waals surface area (Å²) in [6, 6.07) is 5.77. The van der Waals surface area contributed by atoms with Gasteiger partial charge in [0.2, 0.25) is 10.0 Å². The molecule has 21 heavy (non-hydrogen) atoms. The number of aromatic carboxylic acids is 1. The molecule has 0 fully saturated rings. The van der Waals surface area contributed by atoms with Gasteiger partial charge in [-0.25, -0.2) is 22.9 Å². The van der Waals surface area contributed by atoms with Gasteiger partial charge in [0.25, 0.3) is 0 Å². The van der Waals surface area contributed by atoms with E-state index in [9.17, 15) is 13.2 Å². The SMILES string of the molecule is Cc1cnc(CNS(=O)(=O)Cc2ccc(C(=O)O)cc2)s1. The van der Waals surface area contributed by atoms with Crippen LogP contribution in [0.4, 0.5) is 0 Å². The summed E-state index contributed by atoms with van der Waals surface area (Å²) in [5.41, 5.74) is 0.658. The molecule has 0 aliphatic heterocycles. The molecule has 2 rings (SSSR count). The summed E-state index contributed by atoms with van der Waals surface area (Å²) in [5.74, 6) is -1.24. The normalized spacial score (nSPS) is 11.5. The van der Waals surface area contributed by atoms with Gasteiger partial charge in [-0.15, -0.1) is 11.3 Å². The number of rotatable bonds is 6. The molecular weight excluding hydrogens is 312 g/mol. The molecule has 1 heterocycles. The molecule has 0 unspecified atom stereocenters. The van der Waals surface area contributed by atoms with Crippen LogP contribution in [-0.2, 0) is 22.3 Å². The predicted octanol–water partition coefficient (Wildman–Crippen LogP) is 1.77. The number of hydrogen-bond acceptors (Lipinski definition) is 5. The van der Waals surface area contributed by atoms with Crippen molar-refractivity contribution in [2.45, 2.75) is 19.2 Å². The summed E-state index contributed by atoms with van der Waals surface area (Å²) in [4.78, 5) is 15.8. The van der Waals surface area contributed by atoms with Crippen LogP contribution in [0.15, 0.2) is 30.5 Å². The Morgan fingerprint density at radius 2 is 2.00 bits per heavy atom. The fourth-order valence-corrected chi connectivity index (χ4v) is 3.58. The Balaban J connectivity index is 1.98. The summed E-state index contributed by atoms with van der Waals surface area (Å²) in [6.07, 6.45) is 1.69. The highest BCUT2D eigenvalue weighted by molar-refractivity contribution is 7.88. The maximum Gasteiger partial charge on any atom is 0.335 e. The molecule has 0 amide bonds. The van der Waals surface area contributed by atoms with Crippen molar-refractivity contribution in [3.63, 3.8) is 0 Å². The van der Waals surface area contributed by atoms with Crippen molar-refractivity contribution in [1.82, 2.24) is 9.71 Å². The highest BCUT2D eigenvalue weighted by Crippen LogP contribution is 2.12. The highest BCUT2D eigenvalue weighted by Gasteiger charge is 2.13. The van der Waals surface area contributed by atoms with Gasteiger partial charge in [-0.3, -0.25) is 0 Å². The maximum absolute atomic E-state index is 11.9. The Labute approximate surface area is 126 Å². The summed E-state index contributed by atoms with van der Waals surface area (Å²) in [6.45, 7) is 2.06. The number of carboxylic acids is 1. The third-order valence-electron chi connectivity index (χ3n) is 2.67. The van der Waals surface area contributed by atoms with Gasteiger partial charge >= 0.3 is 5.97 Å². The fraction of sp³-hybridized carbons (Fsp3) is 0.231. The number of nitrogens with zero attached hydrogens (tertiary/aromatic N) is 1. The molecule has 8 heteroatoms. The zero-order valence-corrected chi connectivity index (χ0v) is 12.9. The average molecular weight is 326 g/mol. The predicted molar refractivity (Wildman–Crippen MR) is 79.7 cm³/mol. The third-order valence-corrected chi connectivity index (χ3v) is 4.88. The van der Waals surface area contributed by atoms with Gasteiger partial charge in [-0.2, -0.15) is 0 Å². The van der Waals surface area contributed by atoms with Crippen LogP contribution >= 0.6 is 11.3 Å². The van der Waals surface area contributed by atoms with Gasteiger partial charge < -0.3 is 5.11 Å². The Hall–Kier alpha value is -1.77. The quantitative estimate of drug-likeness (QED) is 0.843. The number of sulfonamides is 1. The van der Waals surface area contributed by atoms with E-state index >= 15 is 0 Å². The summed E-state index contributed by atoms with van der Waals surface area (Å²) >= 11 is 1.44. The minimum Gasteiger partial charge on any atom is -0.478 e. The monoisotopic (exact) mass is 326 g/mol. The first-order chi connectivity index (χ1) is 9.85. The summed E-state index contributed by atoms with van der Waals surface area (Å²) in [7, 11) is -3.49. The molecule has 6 nitrogen and oxygen atoms in total. The first-order valence-corrected chi connectivity index (χ1v) is 8.53. The van der Waals surface area contributed by atoms with Crippen molar-refractivity contribution in [3.8, 4) is 0 Å². The van der Waals surface area contributed by atoms with Crippen LogP contribution in [-0.4, -0.2) is 24.5 Å². The minimum atomic E-state index is -3.49. The lowest BCUT2D eigenvalue weighted by atomic mass is 10.1. The second-order valence-electron chi connectivity index (χ2n) is 4.45. The molecule has 112 valence electrons. The Morgan fingerprint density at radius 3 is 2.52 bits per heavy atom. The van der Waals surface area contributed by atoms with E-state index in [1.807, 2.05) is 6.92 Å². The zero-order chi connectivity index (χ0) is 15.5. The molecule has 0 radical (unpaired) electrons. The number of benzene rings is 1. The van der Waals surface area contributed by atoms with Crippen molar-refractivity contribution in [2.24, 2.45) is 0 Å². The second-order valence-corrected chi connectivity index (χ2v) is 7.57. The van der Waals surface area contributed by atoms with Crippen LogP contribution in [0.3, 0.4) is 0 Å². The molecule has 0 aliphatic carbocycles. The molecule has 2 aromatic rings. The largest absolute Gasteiger partial charge is 0.478 e. The molecule has 2 N–H and O–H groups in total. The van der Waals surface area contributed by atoms with E-state index in [0.717, 1.165) is 4.88 Å². The van der Waals surface area contributed by atoms with Crippen molar-refractivity contribution in [3.05, 3.63) is 51.5 Å². The summed E-state index contributed by atoms with van der Waals surface area (Å²) in [5, 5.41) is 9.49. The molecule has 1 aromatic carbocycles. The van der Waals surface area contributed by atoms with Gasteiger partial charge in [0.05, 0.1) is 17.9 Å². The highest BCUT2D eigenvalue weighted by atomic mass is 32.2. The Morgan fingerprint density at radius 1 is 1.33 bits per heavy atom. The number of aromatic nitrogens is 1. The van der Waals surface area contributed by atoms with Crippen LogP contribution < -0.4 is 4.72 Å². The van der Waals surface area contributed by atoms with Crippen LogP contribution in [0.1, 0.15) is 25.8 Å². The van der Waals surface area contributed by atoms with E-state index in [1.54, 1.807) is 6.20 Å². The lowest BCUT2D eigenvalue weighted by Crippen LogP contribution is -2.24. The van der Waals surface area contributed by atoms with Gasteiger partial charge in [0.15, 0.2) is 0 Å². The lowest BCUT2D eigenvalue weighted by Gasteiger charge is -2.05. The first kappa shape index (κ1) is 15.6. The van der Waals surface area contributed by atoms with Crippen molar-refractivity contribution < 1.29 is 18.3 Å². The first-order valence-electron chi connectivity index (χ1n) is 6.06. The fourth-order valence-electron chi connectivity index (χ4n) is 1.67. The minimum absolute atomic E-state index is 0.127. The van der Waals surface area contributed by atoms with Crippen LogP contribution in [0.2, 0.25) is 0 Å². The van der Waals surface area contributed by atoms with Gasteiger partial charge in [0, 0.05) is 11.1 Å². The Bertz CT molecular complexity index is 736. The second kappa shape index (κ2) is 6.33. The number of carboxylic acid groups (broad SMARTS) is 1. The van der Waals surface area contributed by atoms with Crippen molar-refractivity contribution in [1.29, 1.82) is 0 Å². The molecule has 0 bridgehead atoms. The van der Waals surface area contributed by atoms with Crippen LogP contribution in [0.25, 0.3) is 0 Å². The number of hydrogen-bond donors (Lipinski definition) is 2. The van der Waals surface area contributed by atoms with Crippen molar-refractivity contribution >= 4 is 27.3 Å². The average Bonchev–Trinajstić information content (AvgIpc) is 2.83. The third kappa shape index (κ3) is 4.62. The smallest absolute Gasteiger partial charge is 0.335 e. The molecule has 0 atom stereocenters. The van der Waals surface area contributed by atoms with Gasteiger partial charge in [-0.05, 0) is 24.6 Å². The molecule has 0 saturated heterocycles. The molecule has 0 aliphatic rings. The maximum atomic E-state index is 11.9. The molecule has 1 aromatic heterocycles. The van der Waals surface area contributed by atoms with E-state index < -0.39 is 16.0 Å². The number of thiazole rings is 1. The summed E-state index contributed by atoms with van der Waals surface area (Å²) < 4.78 is 26.4.